The first-order valence-corrected chi connectivity index (χ1v) is 4.15. The van der Waals surface area contributed by atoms with Gasteiger partial charge in [-0.1, -0.05) is 0 Å². The van der Waals surface area contributed by atoms with Gasteiger partial charge in [-0.05, 0) is 12.1 Å². The van der Waals surface area contributed by atoms with E-state index in [0.29, 0.717) is 11.0 Å². The van der Waals surface area contributed by atoms with E-state index in [1.54, 1.807) is 0 Å². The van der Waals surface area contributed by atoms with Crippen molar-refractivity contribution in [3.8, 4) is 0 Å². The Morgan fingerprint density at radius 3 is 3.00 bits per heavy atom. The zero-order valence-corrected chi connectivity index (χ0v) is 7.87. The normalized spacial score (nSPS) is 10.5. The van der Waals surface area contributed by atoms with Crippen LogP contribution in [0.15, 0.2) is 12.1 Å². The molecule has 0 atom stereocenters. The van der Waals surface area contributed by atoms with Gasteiger partial charge in [0.1, 0.15) is 11.3 Å². The molecule has 2 aromatic rings. The van der Waals surface area contributed by atoms with Crippen LogP contribution < -0.4 is 5.73 Å². The van der Waals surface area contributed by atoms with Crippen molar-refractivity contribution >= 4 is 23.0 Å². The molecule has 0 amide bonds. The van der Waals surface area contributed by atoms with E-state index in [0.717, 1.165) is 6.07 Å². The summed E-state index contributed by atoms with van der Waals surface area (Å²) in [6.07, 6.45) is 0. The zero-order chi connectivity index (χ0) is 11.0. The van der Waals surface area contributed by atoms with Gasteiger partial charge in [0.2, 0.25) is 0 Å². The second-order valence-electron chi connectivity index (χ2n) is 2.96. The van der Waals surface area contributed by atoms with Crippen LogP contribution >= 0.6 is 0 Å². The SMILES string of the molecule is COC(=O)c1cc(F)cc2[nH]c(N)nc12. The molecule has 0 radical (unpaired) electrons. The van der Waals surface area contributed by atoms with Crippen molar-refractivity contribution in [1.29, 1.82) is 0 Å². The average Bonchev–Trinajstić information content (AvgIpc) is 2.55. The van der Waals surface area contributed by atoms with Crippen LogP contribution in [0.25, 0.3) is 11.0 Å². The Morgan fingerprint density at radius 2 is 2.33 bits per heavy atom. The molecule has 0 unspecified atom stereocenters. The Morgan fingerprint density at radius 1 is 1.60 bits per heavy atom. The molecule has 5 nitrogen and oxygen atoms in total. The summed E-state index contributed by atoms with van der Waals surface area (Å²) in [5.41, 5.74) is 6.14. The number of benzene rings is 1. The third kappa shape index (κ3) is 1.50. The number of carbonyl (C=O) groups is 1. The van der Waals surface area contributed by atoms with Crippen molar-refractivity contribution in [3.63, 3.8) is 0 Å². The van der Waals surface area contributed by atoms with E-state index in [-0.39, 0.29) is 11.5 Å². The van der Waals surface area contributed by atoms with E-state index in [4.69, 9.17) is 5.73 Å². The molecule has 6 heteroatoms. The summed E-state index contributed by atoms with van der Waals surface area (Å²) in [5, 5.41) is 0. The number of hydrogen-bond donors (Lipinski definition) is 2. The number of imidazole rings is 1. The topological polar surface area (TPSA) is 81.0 Å². The molecule has 1 heterocycles. The van der Waals surface area contributed by atoms with Crippen LogP contribution in [-0.4, -0.2) is 23.0 Å². The van der Waals surface area contributed by atoms with Gasteiger partial charge in [0.15, 0.2) is 5.95 Å². The van der Waals surface area contributed by atoms with Gasteiger partial charge in [-0.2, -0.15) is 0 Å². The maximum absolute atomic E-state index is 13.1. The Balaban J connectivity index is 2.75. The van der Waals surface area contributed by atoms with E-state index < -0.39 is 11.8 Å². The molecule has 0 saturated heterocycles. The highest BCUT2D eigenvalue weighted by atomic mass is 19.1. The summed E-state index contributed by atoms with van der Waals surface area (Å²) in [5.74, 6) is -1.07. The minimum atomic E-state index is -0.647. The smallest absolute Gasteiger partial charge is 0.340 e. The molecular weight excluding hydrogens is 201 g/mol. The lowest BCUT2D eigenvalue weighted by Crippen LogP contribution is -2.02. The highest BCUT2D eigenvalue weighted by Gasteiger charge is 2.15. The predicted octanol–water partition coefficient (Wildman–Crippen LogP) is 1.07. The van der Waals surface area contributed by atoms with Gasteiger partial charge in [0, 0.05) is 0 Å². The van der Waals surface area contributed by atoms with Crippen LogP contribution in [0.2, 0.25) is 0 Å². The fraction of sp³-hybridized carbons (Fsp3) is 0.111. The van der Waals surface area contributed by atoms with E-state index in [9.17, 15) is 9.18 Å². The summed E-state index contributed by atoms with van der Waals surface area (Å²) >= 11 is 0. The summed E-state index contributed by atoms with van der Waals surface area (Å²) in [6, 6.07) is 2.28. The predicted molar refractivity (Wildman–Crippen MR) is 51.8 cm³/mol. The van der Waals surface area contributed by atoms with Crippen molar-refractivity contribution < 1.29 is 13.9 Å². The first kappa shape index (κ1) is 9.45. The van der Waals surface area contributed by atoms with Gasteiger partial charge < -0.3 is 15.5 Å². The second-order valence-corrected chi connectivity index (χ2v) is 2.96. The molecular formula is C9H8FN3O2. The standard InChI is InChI=1S/C9H8FN3O2/c1-15-8(14)5-2-4(10)3-6-7(5)13-9(11)12-6/h2-3H,1H3,(H3,11,12,13). The number of halogens is 1. The summed E-state index contributed by atoms with van der Waals surface area (Å²) in [4.78, 5) is 17.8. The molecule has 0 aliphatic carbocycles. The first-order valence-electron chi connectivity index (χ1n) is 4.15. The minimum Gasteiger partial charge on any atom is -0.465 e. The van der Waals surface area contributed by atoms with E-state index in [2.05, 4.69) is 14.7 Å². The van der Waals surface area contributed by atoms with E-state index >= 15 is 0 Å². The summed E-state index contributed by atoms with van der Waals surface area (Å²) < 4.78 is 17.6. The van der Waals surface area contributed by atoms with Gasteiger partial charge in [-0.15, -0.1) is 0 Å². The van der Waals surface area contributed by atoms with Gasteiger partial charge in [0.25, 0.3) is 0 Å². The fourth-order valence-electron chi connectivity index (χ4n) is 1.37. The molecule has 1 aromatic carbocycles. The van der Waals surface area contributed by atoms with Crippen molar-refractivity contribution in [1.82, 2.24) is 9.97 Å². The maximum Gasteiger partial charge on any atom is 0.340 e. The number of anilines is 1. The van der Waals surface area contributed by atoms with Crippen LogP contribution in [0.4, 0.5) is 10.3 Å². The summed E-state index contributed by atoms with van der Waals surface area (Å²) in [6.45, 7) is 0. The Bertz CT molecular complexity index is 535. The number of methoxy groups -OCH3 is 1. The molecule has 2 rings (SSSR count). The molecule has 0 aliphatic heterocycles. The number of fused-ring (bicyclic) bond motifs is 1. The highest BCUT2D eigenvalue weighted by Crippen LogP contribution is 2.20. The van der Waals surface area contributed by atoms with Crippen LogP contribution in [0.3, 0.4) is 0 Å². The monoisotopic (exact) mass is 209 g/mol. The number of nitrogens with zero attached hydrogens (tertiary/aromatic N) is 1. The van der Waals surface area contributed by atoms with Crippen LogP contribution in [0, 0.1) is 5.82 Å². The molecule has 15 heavy (non-hydrogen) atoms. The molecule has 0 aliphatic rings. The number of ether oxygens (including phenoxy) is 1. The first-order chi connectivity index (χ1) is 7.11. The quantitative estimate of drug-likeness (QED) is 0.688. The van der Waals surface area contributed by atoms with Crippen LogP contribution in [0.5, 0.6) is 0 Å². The fourth-order valence-corrected chi connectivity index (χ4v) is 1.37. The van der Waals surface area contributed by atoms with Gasteiger partial charge in [-0.3, -0.25) is 0 Å². The van der Waals surface area contributed by atoms with Gasteiger partial charge in [0.05, 0.1) is 18.2 Å². The van der Waals surface area contributed by atoms with Crippen molar-refractivity contribution in [2.24, 2.45) is 0 Å². The lowest BCUT2D eigenvalue weighted by molar-refractivity contribution is 0.0602. The average molecular weight is 209 g/mol. The van der Waals surface area contributed by atoms with Crippen molar-refractivity contribution in [2.45, 2.75) is 0 Å². The zero-order valence-electron chi connectivity index (χ0n) is 7.87. The molecule has 0 saturated carbocycles. The molecule has 3 N–H and O–H groups in total. The molecule has 0 bridgehead atoms. The number of nitrogens with two attached hydrogens (primary N) is 1. The van der Waals surface area contributed by atoms with Gasteiger partial charge in [-0.25, -0.2) is 14.2 Å². The summed E-state index contributed by atoms with van der Waals surface area (Å²) in [7, 11) is 1.22. The van der Waals surface area contributed by atoms with Crippen LogP contribution in [0.1, 0.15) is 10.4 Å². The third-order valence-corrected chi connectivity index (χ3v) is 1.97. The number of nitrogen functional groups attached to an aromatic ring is 1. The molecule has 0 fully saturated rings. The highest BCUT2D eigenvalue weighted by molar-refractivity contribution is 6.02. The lowest BCUT2D eigenvalue weighted by atomic mass is 10.2. The molecule has 0 spiro atoms. The number of hydrogen-bond acceptors (Lipinski definition) is 4. The number of aromatic nitrogens is 2. The number of esters is 1. The van der Waals surface area contributed by atoms with E-state index in [1.165, 1.54) is 13.2 Å². The molecule has 1 aromatic heterocycles. The lowest BCUT2D eigenvalue weighted by Gasteiger charge is -1.99. The van der Waals surface area contributed by atoms with Gasteiger partial charge >= 0.3 is 5.97 Å². The number of rotatable bonds is 1. The van der Waals surface area contributed by atoms with Crippen LogP contribution in [-0.2, 0) is 4.74 Å². The van der Waals surface area contributed by atoms with Crippen molar-refractivity contribution in [2.75, 3.05) is 12.8 Å². The van der Waals surface area contributed by atoms with E-state index in [1.807, 2.05) is 0 Å². The third-order valence-electron chi connectivity index (χ3n) is 1.97. The molecule has 78 valence electrons. The number of aromatic amines is 1. The number of carbonyl (C=O) groups excluding carboxylic acids is 1. The maximum atomic E-state index is 13.1. The number of nitrogens with one attached hydrogen (secondary N) is 1. The largest absolute Gasteiger partial charge is 0.465 e. The second kappa shape index (κ2) is 3.23. The Kier molecular flexibility index (Phi) is 2.03. The Hall–Kier alpha value is -2.11. The number of H-pyrrole nitrogens is 1. The Labute approximate surface area is 84.1 Å². The van der Waals surface area contributed by atoms with Crippen molar-refractivity contribution in [3.05, 3.63) is 23.5 Å². The minimum absolute atomic E-state index is 0.0560.